The number of nitrogens with one attached hydrogen (secondary N) is 1. The summed E-state index contributed by atoms with van der Waals surface area (Å²) in [6.45, 7) is 8.19. The highest BCUT2D eigenvalue weighted by Gasteiger charge is 2.19. The molecule has 1 N–H and O–H groups in total. The van der Waals surface area contributed by atoms with Crippen LogP contribution < -0.4 is 5.32 Å². The molecular formula is C19H25N3OS. The average molecular weight is 343 g/mol. The first kappa shape index (κ1) is 17.1. The zero-order valence-electron chi connectivity index (χ0n) is 14.2. The molecular weight excluding hydrogens is 318 g/mol. The Bertz CT molecular complexity index is 648. The fourth-order valence-corrected chi connectivity index (χ4v) is 3.82. The van der Waals surface area contributed by atoms with E-state index < -0.39 is 0 Å². The number of rotatable bonds is 6. The van der Waals surface area contributed by atoms with E-state index in [0.717, 1.165) is 32.7 Å². The second-order valence-electron chi connectivity index (χ2n) is 6.34. The van der Waals surface area contributed by atoms with Gasteiger partial charge in [-0.2, -0.15) is 0 Å². The molecule has 0 unspecified atom stereocenters. The quantitative estimate of drug-likeness (QED) is 0.875. The normalized spacial score (nSPS) is 16.2. The van der Waals surface area contributed by atoms with Gasteiger partial charge in [-0.3, -0.25) is 14.6 Å². The van der Waals surface area contributed by atoms with Crippen molar-refractivity contribution in [3.63, 3.8) is 0 Å². The van der Waals surface area contributed by atoms with E-state index in [4.69, 9.17) is 0 Å². The molecule has 1 saturated heterocycles. The van der Waals surface area contributed by atoms with Gasteiger partial charge in [0.1, 0.15) is 0 Å². The monoisotopic (exact) mass is 343 g/mol. The maximum atomic E-state index is 12.1. The van der Waals surface area contributed by atoms with Crippen LogP contribution in [0.5, 0.6) is 0 Å². The Balaban J connectivity index is 1.37. The maximum Gasteiger partial charge on any atom is 0.234 e. The summed E-state index contributed by atoms with van der Waals surface area (Å²) >= 11 is 1.70. The Labute approximate surface area is 148 Å². The summed E-state index contributed by atoms with van der Waals surface area (Å²) in [6.07, 6.45) is 0. The molecule has 1 aromatic carbocycles. The fraction of sp³-hybridized carbons (Fsp3) is 0.421. The third kappa shape index (κ3) is 4.90. The van der Waals surface area contributed by atoms with E-state index in [0.29, 0.717) is 13.1 Å². The van der Waals surface area contributed by atoms with Gasteiger partial charge in [-0.15, -0.1) is 11.3 Å². The van der Waals surface area contributed by atoms with Gasteiger partial charge in [0.05, 0.1) is 13.1 Å². The lowest BCUT2D eigenvalue weighted by molar-refractivity contribution is -0.122. The van der Waals surface area contributed by atoms with Gasteiger partial charge in [-0.25, -0.2) is 0 Å². The molecule has 128 valence electrons. The number of benzene rings is 1. The van der Waals surface area contributed by atoms with Crippen molar-refractivity contribution in [2.24, 2.45) is 0 Å². The van der Waals surface area contributed by atoms with E-state index in [1.165, 1.54) is 16.0 Å². The topological polar surface area (TPSA) is 35.6 Å². The zero-order chi connectivity index (χ0) is 16.8. The van der Waals surface area contributed by atoms with E-state index in [1.807, 2.05) is 0 Å². The number of carbonyl (C=O) groups is 1. The lowest BCUT2D eigenvalue weighted by Crippen LogP contribution is -2.49. The summed E-state index contributed by atoms with van der Waals surface area (Å²) in [6, 6.07) is 12.7. The van der Waals surface area contributed by atoms with Crippen LogP contribution in [0.2, 0.25) is 0 Å². The molecule has 2 aromatic rings. The minimum atomic E-state index is 0.124. The van der Waals surface area contributed by atoms with Crippen molar-refractivity contribution in [1.82, 2.24) is 15.1 Å². The molecule has 5 heteroatoms. The van der Waals surface area contributed by atoms with Gasteiger partial charge in [-0.05, 0) is 29.5 Å². The van der Waals surface area contributed by atoms with Gasteiger partial charge in [0, 0.05) is 37.6 Å². The molecule has 1 aromatic heterocycles. The van der Waals surface area contributed by atoms with E-state index >= 15 is 0 Å². The van der Waals surface area contributed by atoms with Gasteiger partial charge in [-0.1, -0.05) is 30.3 Å². The smallest absolute Gasteiger partial charge is 0.234 e. The van der Waals surface area contributed by atoms with Crippen LogP contribution in [0.25, 0.3) is 0 Å². The predicted molar refractivity (Wildman–Crippen MR) is 99.1 cm³/mol. The first-order valence-electron chi connectivity index (χ1n) is 8.49. The van der Waals surface area contributed by atoms with Crippen molar-refractivity contribution in [1.29, 1.82) is 0 Å². The Morgan fingerprint density at radius 1 is 1.08 bits per heavy atom. The molecule has 0 aliphatic carbocycles. The summed E-state index contributed by atoms with van der Waals surface area (Å²) in [5, 5.41) is 5.11. The van der Waals surface area contributed by atoms with Crippen LogP contribution >= 0.6 is 11.3 Å². The number of piperazine rings is 1. The number of thiophene rings is 1. The van der Waals surface area contributed by atoms with E-state index in [9.17, 15) is 4.79 Å². The Kier molecular flexibility index (Phi) is 6.01. The molecule has 24 heavy (non-hydrogen) atoms. The largest absolute Gasteiger partial charge is 0.350 e. The number of aryl methyl sites for hydroxylation is 1. The summed E-state index contributed by atoms with van der Waals surface area (Å²) in [7, 11) is 0. The molecule has 0 radical (unpaired) electrons. The standard InChI is InChI=1S/C19H25N3OS/c1-16-7-12-24-18(16)13-20-19(23)15-22-10-8-21(9-11-22)14-17-5-3-2-4-6-17/h2-7,12H,8-11,13-15H2,1H3,(H,20,23). The van der Waals surface area contributed by atoms with Gasteiger partial charge >= 0.3 is 0 Å². The molecule has 4 nitrogen and oxygen atoms in total. The van der Waals surface area contributed by atoms with Crippen molar-refractivity contribution in [2.45, 2.75) is 20.0 Å². The van der Waals surface area contributed by atoms with E-state index in [-0.39, 0.29) is 5.91 Å². The summed E-state index contributed by atoms with van der Waals surface area (Å²) in [5.41, 5.74) is 2.62. The third-order valence-corrected chi connectivity index (χ3v) is 5.52. The number of hydrogen-bond donors (Lipinski definition) is 1. The lowest BCUT2D eigenvalue weighted by Gasteiger charge is -2.34. The van der Waals surface area contributed by atoms with Crippen LogP contribution in [0.15, 0.2) is 41.8 Å². The predicted octanol–water partition coefficient (Wildman–Crippen LogP) is 2.49. The van der Waals surface area contributed by atoms with Crippen molar-refractivity contribution in [3.8, 4) is 0 Å². The summed E-state index contributed by atoms with van der Waals surface area (Å²) in [4.78, 5) is 18.1. The second-order valence-corrected chi connectivity index (χ2v) is 7.34. The molecule has 0 bridgehead atoms. The molecule has 1 aliphatic rings. The minimum Gasteiger partial charge on any atom is -0.350 e. The Morgan fingerprint density at radius 3 is 2.46 bits per heavy atom. The SMILES string of the molecule is Cc1ccsc1CNC(=O)CN1CCN(Cc2ccccc2)CC1. The molecule has 2 heterocycles. The fourth-order valence-electron chi connectivity index (χ4n) is 2.97. The highest BCUT2D eigenvalue weighted by atomic mass is 32.1. The molecule has 1 amide bonds. The molecule has 0 spiro atoms. The molecule has 1 fully saturated rings. The summed E-state index contributed by atoms with van der Waals surface area (Å²) in [5.74, 6) is 0.124. The van der Waals surface area contributed by atoms with E-state index in [1.54, 1.807) is 11.3 Å². The van der Waals surface area contributed by atoms with Crippen molar-refractivity contribution in [2.75, 3.05) is 32.7 Å². The van der Waals surface area contributed by atoms with Gasteiger partial charge in [0.25, 0.3) is 0 Å². The minimum absolute atomic E-state index is 0.124. The van der Waals surface area contributed by atoms with Crippen molar-refractivity contribution >= 4 is 17.2 Å². The van der Waals surface area contributed by atoms with E-state index in [2.05, 4.69) is 63.8 Å². The van der Waals surface area contributed by atoms with Crippen molar-refractivity contribution in [3.05, 3.63) is 57.8 Å². The highest BCUT2D eigenvalue weighted by molar-refractivity contribution is 7.10. The highest BCUT2D eigenvalue weighted by Crippen LogP contribution is 2.14. The Morgan fingerprint density at radius 2 is 1.79 bits per heavy atom. The van der Waals surface area contributed by atoms with Crippen LogP contribution in [0.4, 0.5) is 0 Å². The van der Waals surface area contributed by atoms with Crippen LogP contribution in [0, 0.1) is 6.92 Å². The first-order valence-corrected chi connectivity index (χ1v) is 9.37. The van der Waals surface area contributed by atoms with Crippen LogP contribution in [0.3, 0.4) is 0 Å². The number of carbonyl (C=O) groups excluding carboxylic acids is 1. The zero-order valence-corrected chi connectivity index (χ0v) is 15.0. The maximum absolute atomic E-state index is 12.1. The number of hydrogen-bond acceptors (Lipinski definition) is 4. The summed E-state index contributed by atoms with van der Waals surface area (Å²) < 4.78 is 0. The Hall–Kier alpha value is -1.69. The van der Waals surface area contributed by atoms with Crippen LogP contribution in [0.1, 0.15) is 16.0 Å². The lowest BCUT2D eigenvalue weighted by atomic mass is 10.2. The molecule has 0 atom stereocenters. The van der Waals surface area contributed by atoms with Crippen LogP contribution in [-0.4, -0.2) is 48.4 Å². The number of nitrogens with zero attached hydrogens (tertiary/aromatic N) is 2. The van der Waals surface area contributed by atoms with Crippen molar-refractivity contribution < 1.29 is 4.79 Å². The van der Waals surface area contributed by atoms with Gasteiger partial charge < -0.3 is 5.32 Å². The van der Waals surface area contributed by atoms with Gasteiger partial charge in [0.15, 0.2) is 0 Å². The average Bonchev–Trinajstić information content (AvgIpc) is 3.01. The third-order valence-electron chi connectivity index (χ3n) is 4.50. The number of amides is 1. The molecule has 0 saturated carbocycles. The second kappa shape index (κ2) is 8.42. The van der Waals surface area contributed by atoms with Crippen LogP contribution in [-0.2, 0) is 17.9 Å². The molecule has 1 aliphatic heterocycles. The molecule has 3 rings (SSSR count). The first-order chi connectivity index (χ1) is 11.7. The van der Waals surface area contributed by atoms with Gasteiger partial charge in [0.2, 0.25) is 5.91 Å².